The van der Waals surface area contributed by atoms with Crippen molar-refractivity contribution in [3.8, 4) is 0 Å². The minimum absolute atomic E-state index is 0.0205. The fourth-order valence-electron chi connectivity index (χ4n) is 5.57. The molecular formula is C24H42N5O8P. The maximum Gasteiger partial charge on any atom is 0.469 e. The number of carbonyl (C=O) groups is 1. The molecule has 2 aliphatic heterocycles. The number of carbonyl (C=O) groups excluding carboxylic acids is 1. The van der Waals surface area contributed by atoms with Crippen molar-refractivity contribution in [2.75, 3.05) is 13.7 Å². The number of nitrogens with zero attached hydrogens (tertiary/aromatic N) is 2. The molecule has 2 bridgehead atoms. The smallest absolute Gasteiger partial charge is 0.387 e. The molecule has 13 nitrogen and oxygen atoms in total. The van der Waals surface area contributed by atoms with Crippen LogP contribution < -0.4 is 16.8 Å². The molecule has 3 aliphatic rings. The number of aliphatic hydroxyl groups excluding tert-OH is 2. The first kappa shape index (κ1) is 30.6. The van der Waals surface area contributed by atoms with Crippen LogP contribution in [-0.4, -0.2) is 75.7 Å². The van der Waals surface area contributed by atoms with Crippen LogP contribution in [0.2, 0.25) is 0 Å². The van der Waals surface area contributed by atoms with Crippen LogP contribution in [0, 0.1) is 5.41 Å². The summed E-state index contributed by atoms with van der Waals surface area (Å²) in [5.74, 6) is 0.0571. The van der Waals surface area contributed by atoms with E-state index in [-0.39, 0.29) is 17.4 Å². The highest BCUT2D eigenvalue weighted by Crippen LogP contribution is 2.46. The zero-order chi connectivity index (χ0) is 28.1. The number of aliphatic hydroxyl groups is 2. The number of nitrogens with two attached hydrogens (primary N) is 2. The Hall–Kier alpha value is -1.99. The van der Waals surface area contributed by atoms with Gasteiger partial charge < -0.3 is 46.4 Å². The highest BCUT2D eigenvalue weighted by Gasteiger charge is 2.50. The number of hydrogen-bond acceptors (Lipinski definition) is 10. The SMILES string of the molecule is C=N/C(=C(/N)N(C)C1OC(COP(=O)(O)O)C(O)C1O)C12CCCCCCCCCCC(=C(N)NC1=O)C2. The lowest BCUT2D eigenvalue weighted by molar-refractivity contribution is -0.130. The number of nitrogens with one attached hydrogen (secondary N) is 1. The molecule has 0 aromatic carbocycles. The molecule has 9 N–H and O–H groups in total. The van der Waals surface area contributed by atoms with E-state index in [1.165, 1.54) is 18.4 Å². The first-order valence-electron chi connectivity index (χ1n) is 13.1. The Bertz CT molecular complexity index is 985. The average molecular weight is 560 g/mol. The van der Waals surface area contributed by atoms with Crippen molar-refractivity contribution in [1.29, 1.82) is 0 Å². The van der Waals surface area contributed by atoms with Crippen LogP contribution in [0.25, 0.3) is 0 Å². The van der Waals surface area contributed by atoms with E-state index in [9.17, 15) is 19.6 Å². The Labute approximate surface area is 223 Å². The number of phosphoric ester groups is 1. The lowest BCUT2D eigenvalue weighted by Crippen LogP contribution is -2.50. The summed E-state index contributed by atoms with van der Waals surface area (Å²) in [6.07, 6.45) is 4.42. The second-order valence-corrected chi connectivity index (χ2v) is 11.6. The van der Waals surface area contributed by atoms with Crippen LogP contribution in [0.3, 0.4) is 0 Å². The summed E-state index contributed by atoms with van der Waals surface area (Å²) in [5.41, 5.74) is 12.8. The van der Waals surface area contributed by atoms with Crippen LogP contribution in [0.5, 0.6) is 0 Å². The summed E-state index contributed by atoms with van der Waals surface area (Å²) in [6, 6.07) is 0. The summed E-state index contributed by atoms with van der Waals surface area (Å²) < 4.78 is 21.2. The Morgan fingerprint density at radius 2 is 1.79 bits per heavy atom. The topological polar surface area (TPSA) is 213 Å². The van der Waals surface area contributed by atoms with Gasteiger partial charge in [0.1, 0.15) is 30.0 Å². The van der Waals surface area contributed by atoms with Gasteiger partial charge in [-0.25, -0.2) is 4.57 Å². The molecule has 216 valence electrons. The molecule has 1 aliphatic carbocycles. The molecule has 1 saturated heterocycles. The molecule has 2 fully saturated rings. The van der Waals surface area contributed by atoms with Gasteiger partial charge in [-0.3, -0.25) is 14.3 Å². The van der Waals surface area contributed by atoms with E-state index in [1.54, 1.807) is 0 Å². The Kier molecular flexibility index (Phi) is 10.4. The van der Waals surface area contributed by atoms with Crippen LogP contribution in [-0.2, 0) is 18.6 Å². The van der Waals surface area contributed by atoms with Crippen molar-refractivity contribution < 1.29 is 38.6 Å². The Morgan fingerprint density at radius 1 is 1.18 bits per heavy atom. The summed E-state index contributed by atoms with van der Waals surface area (Å²) in [6.45, 7) is 3.06. The van der Waals surface area contributed by atoms with E-state index < -0.39 is 44.4 Å². The molecule has 5 atom stereocenters. The summed E-state index contributed by atoms with van der Waals surface area (Å²) in [7, 11) is -3.31. The molecule has 0 aromatic rings. The molecule has 0 radical (unpaired) electrons. The van der Waals surface area contributed by atoms with Gasteiger partial charge in [-0.15, -0.1) is 0 Å². The summed E-state index contributed by atoms with van der Waals surface area (Å²) in [4.78, 5) is 37.1. The lowest BCUT2D eigenvalue weighted by atomic mass is 9.71. The molecule has 0 spiro atoms. The Balaban J connectivity index is 1.94. The highest BCUT2D eigenvalue weighted by atomic mass is 31.2. The number of rotatable bonds is 7. The van der Waals surface area contributed by atoms with E-state index in [0.29, 0.717) is 18.7 Å². The van der Waals surface area contributed by atoms with E-state index in [0.717, 1.165) is 56.9 Å². The van der Waals surface area contributed by atoms with Gasteiger partial charge in [0, 0.05) is 7.05 Å². The van der Waals surface area contributed by atoms with Gasteiger partial charge in [-0.2, -0.15) is 0 Å². The molecule has 38 heavy (non-hydrogen) atoms. The fraction of sp³-hybridized carbons (Fsp3) is 0.750. The standard InChI is InChI=1S/C24H42N5O8P/c1-27-19(21(26)29(2)22-18(31)17(30)16(37-22)14-36-38(33,34)35)24-12-10-8-6-4-3-5-7-9-11-15(13-24)20(25)28-23(24)32/h16-18,22,30-31H,1,3-14,25-26H2,2H3,(H,28,32)(H2,33,34,35)/b21-19-. The third-order valence-electron chi connectivity index (χ3n) is 7.77. The second kappa shape index (κ2) is 12.9. The van der Waals surface area contributed by atoms with Crippen LogP contribution in [0.4, 0.5) is 0 Å². The van der Waals surface area contributed by atoms with E-state index in [4.69, 9.17) is 26.0 Å². The zero-order valence-electron chi connectivity index (χ0n) is 21.9. The lowest BCUT2D eigenvalue weighted by Gasteiger charge is -2.40. The second-order valence-electron chi connectivity index (χ2n) is 10.4. The van der Waals surface area contributed by atoms with Crippen molar-refractivity contribution in [3.63, 3.8) is 0 Å². The Morgan fingerprint density at radius 3 is 2.39 bits per heavy atom. The molecule has 2 heterocycles. The zero-order valence-corrected chi connectivity index (χ0v) is 22.8. The minimum Gasteiger partial charge on any atom is -0.387 e. The van der Waals surface area contributed by atoms with Gasteiger partial charge in [0.2, 0.25) is 5.91 Å². The number of likely N-dealkylation sites (N-methyl/N-ethyl adjacent to an activating group) is 1. The predicted octanol–water partition coefficient (Wildman–Crippen LogP) is 0.894. The van der Waals surface area contributed by atoms with Gasteiger partial charge >= 0.3 is 7.82 Å². The number of fused-ring (bicyclic) bond motifs is 2. The van der Waals surface area contributed by atoms with Crippen molar-refractivity contribution in [3.05, 3.63) is 22.9 Å². The third kappa shape index (κ3) is 6.95. The third-order valence-corrected chi connectivity index (χ3v) is 8.26. The van der Waals surface area contributed by atoms with Gasteiger partial charge in [-0.05, 0) is 38.0 Å². The molecule has 0 aromatic heterocycles. The molecule has 5 unspecified atom stereocenters. The van der Waals surface area contributed by atoms with Gasteiger partial charge in [-0.1, -0.05) is 44.9 Å². The van der Waals surface area contributed by atoms with Crippen LogP contribution in [0.1, 0.15) is 70.6 Å². The quantitative estimate of drug-likeness (QED) is 0.172. The van der Waals surface area contributed by atoms with Crippen LogP contribution >= 0.6 is 7.82 Å². The summed E-state index contributed by atoms with van der Waals surface area (Å²) in [5, 5.41) is 23.9. The van der Waals surface area contributed by atoms with E-state index in [2.05, 4.69) is 21.6 Å². The fourth-order valence-corrected chi connectivity index (χ4v) is 5.91. The number of hydrogen-bond donors (Lipinski definition) is 7. The van der Waals surface area contributed by atoms with E-state index >= 15 is 0 Å². The number of phosphoric acid groups is 1. The first-order valence-corrected chi connectivity index (χ1v) is 14.6. The van der Waals surface area contributed by atoms with Crippen molar-refractivity contribution >= 4 is 20.4 Å². The van der Waals surface area contributed by atoms with E-state index in [1.807, 2.05) is 0 Å². The van der Waals surface area contributed by atoms with Gasteiger partial charge in [0.05, 0.1) is 17.7 Å². The van der Waals surface area contributed by atoms with Gasteiger partial charge in [0.15, 0.2) is 6.23 Å². The maximum atomic E-state index is 13.6. The van der Waals surface area contributed by atoms with Gasteiger partial charge in [0.25, 0.3) is 0 Å². The molecular weight excluding hydrogens is 517 g/mol. The molecule has 14 heteroatoms. The minimum atomic E-state index is -4.82. The normalized spacial score (nSPS) is 32.4. The molecule has 1 amide bonds. The monoisotopic (exact) mass is 559 g/mol. The number of amides is 1. The number of allylic oxidation sites excluding steroid dienone is 1. The average Bonchev–Trinajstić information content (AvgIpc) is 3.15. The number of ether oxygens (including phenoxy) is 1. The largest absolute Gasteiger partial charge is 0.469 e. The number of aliphatic imine (C=N–C) groups is 1. The predicted molar refractivity (Wildman–Crippen MR) is 140 cm³/mol. The van der Waals surface area contributed by atoms with Crippen molar-refractivity contribution in [1.82, 2.24) is 10.2 Å². The summed E-state index contributed by atoms with van der Waals surface area (Å²) >= 11 is 0. The van der Waals surface area contributed by atoms with Crippen molar-refractivity contribution in [2.45, 2.75) is 95.2 Å². The maximum absolute atomic E-state index is 13.6. The molecule has 1 saturated carbocycles. The van der Waals surface area contributed by atoms with Crippen molar-refractivity contribution in [2.24, 2.45) is 21.9 Å². The molecule has 3 rings (SSSR count). The van der Waals surface area contributed by atoms with Crippen LogP contribution in [0.15, 0.2) is 27.9 Å². The first-order chi connectivity index (χ1) is 17.9. The highest BCUT2D eigenvalue weighted by molar-refractivity contribution is 7.46.